The van der Waals surface area contributed by atoms with Crippen LogP contribution in [0.2, 0.25) is 0 Å². The third kappa shape index (κ3) is 8.31. The number of rotatable bonds is 10. The lowest BCUT2D eigenvalue weighted by Crippen LogP contribution is -2.21. The molecule has 2 nitrogen and oxygen atoms in total. The Balaban J connectivity index is 3.62. The Kier molecular flexibility index (Phi) is 10.4. The van der Waals surface area contributed by atoms with Crippen molar-refractivity contribution in [2.75, 3.05) is 7.11 Å². The molecule has 0 aliphatic heterocycles. The fourth-order valence-corrected chi connectivity index (χ4v) is 2.22. The van der Waals surface area contributed by atoms with Crippen molar-refractivity contribution in [1.82, 2.24) is 0 Å². The average molecular weight is 258 g/mol. The summed E-state index contributed by atoms with van der Waals surface area (Å²) in [5, 5.41) is 0.448. The predicted octanol–water partition coefficient (Wildman–Crippen LogP) is 4.31. The quantitative estimate of drug-likeness (QED) is 0.431. The summed E-state index contributed by atoms with van der Waals surface area (Å²) in [7, 11) is 1.54. The van der Waals surface area contributed by atoms with Gasteiger partial charge in [0.1, 0.15) is 5.78 Å². The minimum absolute atomic E-state index is 0.128. The minimum atomic E-state index is -0.175. The van der Waals surface area contributed by atoms with Crippen LogP contribution in [0.4, 0.5) is 0 Å². The molecule has 0 rings (SSSR count). The number of ether oxygens (including phenoxy) is 1. The molecule has 0 spiro atoms. The maximum Gasteiger partial charge on any atom is 0.169 e. The van der Waals surface area contributed by atoms with E-state index >= 15 is 0 Å². The fraction of sp³-hybridized carbons (Fsp3) is 0.857. The van der Waals surface area contributed by atoms with E-state index in [1.165, 1.54) is 38.5 Å². The molecule has 0 aromatic carbocycles. The average Bonchev–Trinajstić information content (AvgIpc) is 2.31. The van der Waals surface area contributed by atoms with Crippen molar-refractivity contribution in [1.29, 1.82) is 0 Å². The first-order chi connectivity index (χ1) is 8.13. The lowest BCUT2D eigenvalue weighted by Gasteiger charge is -2.13. The zero-order valence-corrected chi connectivity index (χ0v) is 12.3. The van der Waals surface area contributed by atoms with Gasteiger partial charge in [-0.3, -0.25) is 4.79 Å². The monoisotopic (exact) mass is 258 g/mol. The zero-order valence-electron chi connectivity index (χ0n) is 11.5. The molecule has 0 fully saturated rings. The van der Waals surface area contributed by atoms with E-state index in [0.717, 1.165) is 12.8 Å². The van der Waals surface area contributed by atoms with E-state index in [2.05, 4.69) is 6.92 Å². The number of methoxy groups -OCH3 is 1. The number of unbranched alkanes of at least 4 members (excludes halogenated alkanes) is 6. The third-order valence-corrected chi connectivity index (χ3v) is 3.52. The Morgan fingerprint density at radius 1 is 1.12 bits per heavy atom. The fourth-order valence-electron chi connectivity index (χ4n) is 1.93. The molecule has 100 valence electrons. The first-order valence-electron chi connectivity index (χ1n) is 6.71. The van der Waals surface area contributed by atoms with Crippen LogP contribution in [0, 0.1) is 5.92 Å². The highest BCUT2D eigenvalue weighted by molar-refractivity contribution is 7.80. The van der Waals surface area contributed by atoms with Crippen LogP contribution in [0.3, 0.4) is 0 Å². The normalized spacial score (nSPS) is 12.2. The Labute approximate surface area is 111 Å². The Bertz CT molecular complexity index is 226. The van der Waals surface area contributed by atoms with Crippen LogP contribution in [0.15, 0.2) is 0 Å². The second-order valence-corrected chi connectivity index (χ2v) is 5.00. The van der Waals surface area contributed by atoms with E-state index in [1.807, 2.05) is 0 Å². The van der Waals surface area contributed by atoms with Crippen molar-refractivity contribution in [3.63, 3.8) is 0 Å². The zero-order chi connectivity index (χ0) is 13.1. The second kappa shape index (κ2) is 10.7. The molecule has 0 aromatic rings. The Morgan fingerprint density at radius 3 is 2.12 bits per heavy atom. The molecule has 0 aliphatic rings. The molecule has 3 heteroatoms. The predicted molar refractivity (Wildman–Crippen MR) is 76.4 cm³/mol. The van der Waals surface area contributed by atoms with Crippen LogP contribution in [0.5, 0.6) is 0 Å². The van der Waals surface area contributed by atoms with Crippen LogP contribution in [-0.2, 0) is 9.53 Å². The van der Waals surface area contributed by atoms with Crippen molar-refractivity contribution < 1.29 is 9.53 Å². The van der Waals surface area contributed by atoms with Gasteiger partial charge < -0.3 is 4.74 Å². The number of ketones is 1. The van der Waals surface area contributed by atoms with E-state index in [9.17, 15) is 4.79 Å². The maximum atomic E-state index is 11.4. The summed E-state index contributed by atoms with van der Waals surface area (Å²) in [6.07, 6.45) is 9.65. The number of Topliss-reactive ketones (excluding diaryl/α,β-unsaturated/α-hetero) is 1. The first-order valence-corrected chi connectivity index (χ1v) is 7.12. The summed E-state index contributed by atoms with van der Waals surface area (Å²) in [5.41, 5.74) is 0. The molecular formula is C14H26O2S. The van der Waals surface area contributed by atoms with E-state index in [-0.39, 0.29) is 11.7 Å². The highest BCUT2D eigenvalue weighted by atomic mass is 32.1. The van der Waals surface area contributed by atoms with Crippen molar-refractivity contribution in [3.8, 4) is 0 Å². The number of hydrogen-bond donors (Lipinski definition) is 0. The topological polar surface area (TPSA) is 26.3 Å². The molecular weight excluding hydrogens is 232 g/mol. The summed E-state index contributed by atoms with van der Waals surface area (Å²) in [4.78, 5) is 11.4. The van der Waals surface area contributed by atoms with Gasteiger partial charge in [-0.15, -0.1) is 0 Å². The smallest absolute Gasteiger partial charge is 0.169 e. The lowest BCUT2D eigenvalue weighted by molar-refractivity contribution is -0.119. The SMILES string of the molecule is CCCCCCCCCC(C(C)=O)C(=S)OC. The third-order valence-electron chi connectivity index (χ3n) is 3.07. The highest BCUT2D eigenvalue weighted by Gasteiger charge is 2.19. The van der Waals surface area contributed by atoms with E-state index in [4.69, 9.17) is 17.0 Å². The Morgan fingerprint density at radius 2 is 1.65 bits per heavy atom. The van der Waals surface area contributed by atoms with Crippen molar-refractivity contribution in [3.05, 3.63) is 0 Å². The number of hydrogen-bond acceptors (Lipinski definition) is 3. The highest BCUT2D eigenvalue weighted by Crippen LogP contribution is 2.15. The van der Waals surface area contributed by atoms with Gasteiger partial charge in [0, 0.05) is 0 Å². The van der Waals surface area contributed by atoms with Crippen LogP contribution in [0.25, 0.3) is 0 Å². The second-order valence-electron chi connectivity index (χ2n) is 4.60. The first kappa shape index (κ1) is 16.6. The summed E-state index contributed by atoms with van der Waals surface area (Å²) < 4.78 is 4.99. The van der Waals surface area contributed by atoms with E-state index in [1.54, 1.807) is 14.0 Å². The number of carbonyl (C=O) groups excluding carboxylic acids is 1. The molecule has 1 unspecified atom stereocenters. The van der Waals surface area contributed by atoms with E-state index in [0.29, 0.717) is 5.05 Å². The van der Waals surface area contributed by atoms with Gasteiger partial charge in [-0.1, -0.05) is 51.9 Å². The maximum absolute atomic E-state index is 11.4. The standard InChI is InChI=1S/C14H26O2S/c1-4-5-6-7-8-9-10-11-13(12(2)15)14(17)16-3/h13H,4-11H2,1-3H3. The summed E-state index contributed by atoms with van der Waals surface area (Å²) in [5.74, 6) is -0.0477. The van der Waals surface area contributed by atoms with Gasteiger partial charge in [0.2, 0.25) is 0 Å². The molecule has 0 saturated carbocycles. The summed E-state index contributed by atoms with van der Waals surface area (Å²) in [6.45, 7) is 3.82. The van der Waals surface area contributed by atoms with Gasteiger partial charge in [0.05, 0.1) is 13.0 Å². The van der Waals surface area contributed by atoms with Crippen molar-refractivity contribution >= 4 is 23.1 Å². The molecule has 0 saturated heterocycles. The summed E-state index contributed by atoms with van der Waals surface area (Å²) in [6, 6.07) is 0. The van der Waals surface area contributed by atoms with Gasteiger partial charge in [0.15, 0.2) is 5.05 Å². The summed E-state index contributed by atoms with van der Waals surface area (Å²) >= 11 is 5.05. The molecule has 0 aliphatic carbocycles. The molecule has 0 heterocycles. The van der Waals surface area contributed by atoms with E-state index < -0.39 is 0 Å². The number of thiocarbonyl (C=S) groups is 1. The van der Waals surface area contributed by atoms with Crippen LogP contribution in [-0.4, -0.2) is 17.9 Å². The number of carbonyl (C=O) groups is 1. The van der Waals surface area contributed by atoms with Crippen LogP contribution in [0.1, 0.15) is 65.2 Å². The van der Waals surface area contributed by atoms with Gasteiger partial charge in [-0.05, 0) is 25.6 Å². The molecule has 0 amide bonds. The molecule has 0 N–H and O–H groups in total. The van der Waals surface area contributed by atoms with Crippen LogP contribution < -0.4 is 0 Å². The van der Waals surface area contributed by atoms with Gasteiger partial charge >= 0.3 is 0 Å². The molecule has 17 heavy (non-hydrogen) atoms. The molecule has 0 radical (unpaired) electrons. The molecule has 0 bridgehead atoms. The molecule has 0 aromatic heterocycles. The molecule has 1 atom stereocenters. The lowest BCUT2D eigenvalue weighted by atomic mass is 9.97. The van der Waals surface area contributed by atoms with Crippen molar-refractivity contribution in [2.45, 2.75) is 65.2 Å². The largest absolute Gasteiger partial charge is 0.489 e. The van der Waals surface area contributed by atoms with Gasteiger partial charge in [-0.2, -0.15) is 0 Å². The van der Waals surface area contributed by atoms with Gasteiger partial charge in [-0.25, -0.2) is 0 Å². The van der Waals surface area contributed by atoms with Crippen LogP contribution >= 0.6 is 12.2 Å². The van der Waals surface area contributed by atoms with Crippen molar-refractivity contribution in [2.24, 2.45) is 5.92 Å². The Hall–Kier alpha value is -0.440. The minimum Gasteiger partial charge on any atom is -0.489 e. The van der Waals surface area contributed by atoms with Gasteiger partial charge in [0.25, 0.3) is 0 Å².